The lowest BCUT2D eigenvalue weighted by Crippen LogP contribution is -2.58. The van der Waals surface area contributed by atoms with Crippen molar-refractivity contribution < 1.29 is 42.2 Å². The summed E-state index contributed by atoms with van der Waals surface area (Å²) in [6.07, 6.45) is -5.15. The number of carbonyl (C=O) groups is 4. The van der Waals surface area contributed by atoms with E-state index in [0.29, 0.717) is 17.1 Å². The van der Waals surface area contributed by atoms with Crippen LogP contribution in [0.15, 0.2) is 42.5 Å². The van der Waals surface area contributed by atoms with Crippen molar-refractivity contribution in [3.63, 3.8) is 0 Å². The number of imide groups is 1. The van der Waals surface area contributed by atoms with Gasteiger partial charge >= 0.3 is 24.3 Å². The van der Waals surface area contributed by atoms with Gasteiger partial charge in [0.05, 0.1) is 18.7 Å². The van der Waals surface area contributed by atoms with Crippen LogP contribution in [0.1, 0.15) is 16.7 Å². The first-order valence-corrected chi connectivity index (χ1v) is 10.5. The number of urea groups is 1. The van der Waals surface area contributed by atoms with E-state index in [-0.39, 0.29) is 23.4 Å². The van der Waals surface area contributed by atoms with E-state index >= 15 is 0 Å². The molecule has 1 unspecified atom stereocenters. The number of halogens is 3. The number of amides is 4. The molecule has 0 aliphatic carbocycles. The summed E-state index contributed by atoms with van der Waals surface area (Å²) >= 11 is 0. The molecule has 0 radical (unpaired) electrons. The molecule has 2 aliphatic heterocycles. The molecular weight excluding hydrogens is 471 g/mol. The zero-order valence-corrected chi connectivity index (χ0v) is 18.4. The fourth-order valence-electron chi connectivity index (χ4n) is 4.08. The van der Waals surface area contributed by atoms with Gasteiger partial charge in [0.2, 0.25) is 5.91 Å². The zero-order chi connectivity index (χ0) is 25.5. The van der Waals surface area contributed by atoms with E-state index < -0.39 is 54.7 Å². The summed E-state index contributed by atoms with van der Waals surface area (Å²) in [5.41, 5.74) is -0.240. The smallest absolute Gasteiger partial charge is 0.416 e. The molecule has 9 nitrogen and oxygen atoms in total. The Morgan fingerprint density at radius 1 is 1.06 bits per heavy atom. The van der Waals surface area contributed by atoms with E-state index in [0.717, 1.165) is 11.0 Å². The molecule has 184 valence electrons. The number of cyclic esters (lactones) is 1. The first kappa shape index (κ1) is 24.0. The maximum absolute atomic E-state index is 13.3. The Hall–Kier alpha value is -4.09. The van der Waals surface area contributed by atoms with Gasteiger partial charge in [-0.1, -0.05) is 12.1 Å². The number of benzene rings is 2. The summed E-state index contributed by atoms with van der Waals surface area (Å²) in [6.45, 7) is 0.839. The maximum Gasteiger partial charge on any atom is 0.416 e. The SMILES string of the molecule is Cc1c(CN2C(=O)C(C(=O)O)CN(c3ccc(N4CCOC4=O)cc3)C2=O)cccc1C(F)(F)F. The number of ether oxygens (including phenoxy) is 1. The van der Waals surface area contributed by atoms with Gasteiger partial charge in [0.1, 0.15) is 6.61 Å². The maximum atomic E-state index is 13.3. The molecule has 2 aliphatic rings. The molecule has 0 saturated carbocycles. The van der Waals surface area contributed by atoms with Gasteiger partial charge in [-0.15, -0.1) is 0 Å². The summed E-state index contributed by atoms with van der Waals surface area (Å²) in [4.78, 5) is 52.7. The average molecular weight is 491 g/mol. The minimum atomic E-state index is -4.63. The number of anilines is 2. The molecule has 0 spiro atoms. The third kappa shape index (κ3) is 4.51. The quantitative estimate of drug-likeness (QED) is 0.640. The highest BCUT2D eigenvalue weighted by Crippen LogP contribution is 2.34. The standard InChI is InChI=1S/C23H20F3N3O6/c1-13-14(3-2-4-18(13)23(24,25)26)11-29-19(30)17(20(31)32)12-28(21(29)33)16-7-5-15(6-8-16)27-9-10-35-22(27)34/h2-8,17H,9-12H2,1H3,(H,31,32). The van der Waals surface area contributed by atoms with Crippen LogP contribution in [0, 0.1) is 12.8 Å². The number of rotatable bonds is 5. The van der Waals surface area contributed by atoms with Crippen molar-refractivity contribution in [2.75, 3.05) is 29.5 Å². The molecule has 35 heavy (non-hydrogen) atoms. The van der Waals surface area contributed by atoms with Gasteiger partial charge in [-0.3, -0.25) is 24.3 Å². The lowest BCUT2D eigenvalue weighted by molar-refractivity contribution is -0.150. The number of hydrogen-bond donors (Lipinski definition) is 1. The summed E-state index contributed by atoms with van der Waals surface area (Å²) < 4.78 is 44.8. The van der Waals surface area contributed by atoms with Crippen LogP contribution < -0.4 is 9.80 Å². The van der Waals surface area contributed by atoms with Crippen LogP contribution in [0.3, 0.4) is 0 Å². The van der Waals surface area contributed by atoms with Crippen molar-refractivity contribution in [2.45, 2.75) is 19.6 Å². The Labute approximate surface area is 197 Å². The fraction of sp³-hybridized carbons (Fsp3) is 0.304. The molecule has 2 aromatic carbocycles. The van der Waals surface area contributed by atoms with Crippen molar-refractivity contribution in [3.8, 4) is 0 Å². The summed E-state index contributed by atoms with van der Waals surface area (Å²) in [6, 6.07) is 8.61. The predicted octanol–water partition coefficient (Wildman–Crippen LogP) is 3.64. The summed E-state index contributed by atoms with van der Waals surface area (Å²) in [7, 11) is 0. The van der Waals surface area contributed by atoms with Crippen molar-refractivity contribution in [2.24, 2.45) is 5.92 Å². The van der Waals surface area contributed by atoms with Gasteiger partial charge in [-0.05, 0) is 48.4 Å². The molecule has 4 amide bonds. The third-order valence-electron chi connectivity index (χ3n) is 6.00. The first-order valence-electron chi connectivity index (χ1n) is 10.5. The van der Waals surface area contributed by atoms with E-state index in [2.05, 4.69) is 0 Å². The van der Waals surface area contributed by atoms with Crippen LogP contribution in [-0.4, -0.2) is 53.7 Å². The Balaban J connectivity index is 1.65. The lowest BCUT2D eigenvalue weighted by atomic mass is 9.99. The largest absolute Gasteiger partial charge is 0.481 e. The Morgan fingerprint density at radius 3 is 2.23 bits per heavy atom. The topological polar surface area (TPSA) is 107 Å². The van der Waals surface area contributed by atoms with Crippen molar-refractivity contribution in [3.05, 3.63) is 59.2 Å². The second-order valence-electron chi connectivity index (χ2n) is 8.08. The molecule has 2 aromatic rings. The van der Waals surface area contributed by atoms with E-state index in [4.69, 9.17) is 4.74 Å². The van der Waals surface area contributed by atoms with Crippen LogP contribution in [0.5, 0.6) is 0 Å². The number of carboxylic acid groups (broad SMARTS) is 1. The fourth-order valence-corrected chi connectivity index (χ4v) is 4.08. The Morgan fingerprint density at radius 2 is 1.69 bits per heavy atom. The van der Waals surface area contributed by atoms with Gasteiger partial charge in [0.25, 0.3) is 0 Å². The highest BCUT2D eigenvalue weighted by molar-refractivity contribution is 6.12. The molecule has 0 aromatic heterocycles. The third-order valence-corrected chi connectivity index (χ3v) is 6.00. The van der Waals surface area contributed by atoms with Crippen LogP contribution in [0.4, 0.5) is 34.1 Å². The van der Waals surface area contributed by atoms with Crippen LogP contribution >= 0.6 is 0 Å². The number of carboxylic acids is 1. The van der Waals surface area contributed by atoms with Gasteiger partial charge in [-0.2, -0.15) is 13.2 Å². The van der Waals surface area contributed by atoms with Gasteiger partial charge in [0.15, 0.2) is 5.92 Å². The molecule has 0 bridgehead atoms. The molecule has 2 fully saturated rings. The monoisotopic (exact) mass is 491 g/mol. The zero-order valence-electron chi connectivity index (χ0n) is 18.4. The molecule has 2 saturated heterocycles. The molecule has 1 atom stereocenters. The van der Waals surface area contributed by atoms with Gasteiger partial charge in [-0.25, -0.2) is 9.59 Å². The Bertz CT molecular complexity index is 1200. The second kappa shape index (κ2) is 8.93. The van der Waals surface area contributed by atoms with Crippen LogP contribution in [0.2, 0.25) is 0 Å². The second-order valence-corrected chi connectivity index (χ2v) is 8.08. The van der Waals surface area contributed by atoms with Crippen molar-refractivity contribution >= 4 is 35.4 Å². The molecule has 4 rings (SSSR count). The average Bonchev–Trinajstić information content (AvgIpc) is 3.22. The number of hydrogen-bond acceptors (Lipinski definition) is 5. The lowest BCUT2D eigenvalue weighted by Gasteiger charge is -2.37. The van der Waals surface area contributed by atoms with Gasteiger partial charge in [0, 0.05) is 17.9 Å². The predicted molar refractivity (Wildman–Crippen MR) is 116 cm³/mol. The van der Waals surface area contributed by atoms with E-state index in [1.165, 1.54) is 36.1 Å². The van der Waals surface area contributed by atoms with Crippen molar-refractivity contribution in [1.29, 1.82) is 0 Å². The van der Waals surface area contributed by atoms with Gasteiger partial charge < -0.3 is 9.84 Å². The molecule has 1 N–H and O–H groups in total. The van der Waals surface area contributed by atoms with E-state index in [1.54, 1.807) is 12.1 Å². The van der Waals surface area contributed by atoms with E-state index in [1.807, 2.05) is 0 Å². The summed E-state index contributed by atoms with van der Waals surface area (Å²) in [5, 5.41) is 9.57. The molecule has 2 heterocycles. The number of aliphatic carboxylic acids is 1. The minimum Gasteiger partial charge on any atom is -0.481 e. The molecule has 12 heteroatoms. The normalized spacial score (nSPS) is 18.8. The highest BCUT2D eigenvalue weighted by atomic mass is 19.4. The number of nitrogens with zero attached hydrogens (tertiary/aromatic N) is 3. The minimum absolute atomic E-state index is 0.0652. The van der Waals surface area contributed by atoms with E-state index in [9.17, 15) is 37.5 Å². The first-order chi connectivity index (χ1) is 16.5. The Kier molecular flexibility index (Phi) is 6.14. The highest BCUT2D eigenvalue weighted by Gasteiger charge is 2.44. The van der Waals surface area contributed by atoms with Crippen molar-refractivity contribution in [1.82, 2.24) is 4.90 Å². The molecular formula is C23H20F3N3O6. The number of carbonyl (C=O) groups excluding carboxylic acids is 3. The van der Waals surface area contributed by atoms with Crippen LogP contribution in [-0.2, 0) is 27.0 Å². The summed E-state index contributed by atoms with van der Waals surface area (Å²) in [5.74, 6) is -4.08. The van der Waals surface area contributed by atoms with Crippen LogP contribution in [0.25, 0.3) is 0 Å². The number of alkyl halides is 3.